The maximum atomic E-state index is 13.2. The fourth-order valence-corrected chi connectivity index (χ4v) is 4.40. The first kappa shape index (κ1) is 24.3. The van der Waals surface area contributed by atoms with E-state index in [-0.39, 0.29) is 6.54 Å². The third kappa shape index (κ3) is 5.54. The highest BCUT2D eigenvalue weighted by molar-refractivity contribution is 7.16. The number of thiazole rings is 1. The Bertz CT molecular complexity index is 1200. The summed E-state index contributed by atoms with van der Waals surface area (Å²) in [6.45, 7) is 8.72. The summed E-state index contributed by atoms with van der Waals surface area (Å²) in [5, 5.41) is 0. The molecule has 0 saturated heterocycles. The number of hydrogen-bond acceptors (Lipinski definition) is 7. The van der Waals surface area contributed by atoms with Gasteiger partial charge in [0.05, 0.1) is 37.1 Å². The third-order valence-corrected chi connectivity index (χ3v) is 5.75. The summed E-state index contributed by atoms with van der Waals surface area (Å²) >= 11 is 1.33. The van der Waals surface area contributed by atoms with Gasteiger partial charge < -0.3 is 23.5 Å². The van der Waals surface area contributed by atoms with Crippen LogP contribution in [0.25, 0.3) is 10.2 Å². The summed E-state index contributed by atoms with van der Waals surface area (Å²) in [5.74, 6) is 0.372. The molecule has 9 heteroatoms. The maximum Gasteiger partial charge on any atom is 0.325 e. The van der Waals surface area contributed by atoms with E-state index in [2.05, 4.69) is 4.99 Å². The zero-order chi connectivity index (χ0) is 24.0. The third-order valence-electron chi connectivity index (χ3n) is 4.71. The number of ether oxygens (including phenoxy) is 4. The number of carbonyl (C=O) groups excluding carboxylic acids is 2. The van der Waals surface area contributed by atoms with Gasteiger partial charge in [0.1, 0.15) is 6.54 Å². The fraction of sp³-hybridized carbons (Fsp3) is 0.375. The average Bonchev–Trinajstić information content (AvgIpc) is 3.11. The minimum atomic E-state index is -0.484. The molecule has 8 nitrogen and oxygen atoms in total. The highest BCUT2D eigenvalue weighted by Gasteiger charge is 2.19. The van der Waals surface area contributed by atoms with Gasteiger partial charge in [-0.1, -0.05) is 17.4 Å². The van der Waals surface area contributed by atoms with Gasteiger partial charge in [0, 0.05) is 5.56 Å². The molecule has 0 aliphatic heterocycles. The normalized spacial score (nSPS) is 11.5. The van der Waals surface area contributed by atoms with Crippen LogP contribution in [0.4, 0.5) is 0 Å². The molecule has 0 atom stereocenters. The summed E-state index contributed by atoms with van der Waals surface area (Å²) in [5.41, 5.74) is 2.17. The van der Waals surface area contributed by atoms with Gasteiger partial charge in [-0.3, -0.25) is 9.59 Å². The van der Waals surface area contributed by atoms with Crippen molar-refractivity contribution in [3.05, 3.63) is 46.3 Å². The largest absolute Gasteiger partial charge is 0.490 e. The predicted molar refractivity (Wildman–Crippen MR) is 126 cm³/mol. The molecule has 0 aliphatic carbocycles. The molecule has 0 spiro atoms. The number of amides is 1. The van der Waals surface area contributed by atoms with Crippen LogP contribution in [0.3, 0.4) is 0 Å². The number of benzene rings is 2. The number of nitrogens with zero attached hydrogens (tertiary/aromatic N) is 2. The number of hydrogen-bond donors (Lipinski definition) is 0. The summed E-state index contributed by atoms with van der Waals surface area (Å²) in [6.07, 6.45) is 0. The van der Waals surface area contributed by atoms with Crippen molar-refractivity contribution in [1.82, 2.24) is 4.57 Å². The number of esters is 1. The smallest absolute Gasteiger partial charge is 0.325 e. The van der Waals surface area contributed by atoms with Crippen molar-refractivity contribution >= 4 is 33.4 Å². The topological polar surface area (TPSA) is 88.4 Å². The molecule has 1 aromatic heterocycles. The quantitative estimate of drug-likeness (QED) is 0.435. The minimum absolute atomic E-state index is 0.0522. The molecular formula is C24H28N2O6S. The van der Waals surface area contributed by atoms with Crippen LogP contribution in [0, 0.1) is 6.92 Å². The Morgan fingerprint density at radius 1 is 0.970 bits per heavy atom. The number of carbonyl (C=O) groups is 2. The zero-order valence-electron chi connectivity index (χ0n) is 19.5. The van der Waals surface area contributed by atoms with Gasteiger partial charge in [-0.2, -0.15) is 4.99 Å². The summed E-state index contributed by atoms with van der Waals surface area (Å²) in [4.78, 5) is 30.0. The van der Waals surface area contributed by atoms with E-state index in [4.69, 9.17) is 18.9 Å². The van der Waals surface area contributed by atoms with Crippen LogP contribution in [0.2, 0.25) is 0 Å². The van der Waals surface area contributed by atoms with Crippen LogP contribution in [0.5, 0.6) is 17.2 Å². The maximum absolute atomic E-state index is 13.2. The summed E-state index contributed by atoms with van der Waals surface area (Å²) < 4.78 is 24.6. The lowest BCUT2D eigenvalue weighted by Gasteiger charge is -2.16. The van der Waals surface area contributed by atoms with Crippen LogP contribution >= 0.6 is 11.3 Å². The van der Waals surface area contributed by atoms with Crippen molar-refractivity contribution in [2.24, 2.45) is 4.99 Å². The number of rotatable bonds is 9. The Labute approximate surface area is 196 Å². The second-order valence-corrected chi connectivity index (χ2v) is 8.04. The van der Waals surface area contributed by atoms with E-state index in [1.54, 1.807) is 16.7 Å². The fourth-order valence-electron chi connectivity index (χ4n) is 3.28. The number of fused-ring (bicyclic) bond motifs is 1. The SMILES string of the molecule is CCOc1cc(C(=O)N=c2sc3cc(C)ccc3n2CC(=O)OC)cc(OCC)c1OCC. The van der Waals surface area contributed by atoms with Gasteiger partial charge in [-0.05, 0) is 57.5 Å². The van der Waals surface area contributed by atoms with E-state index < -0.39 is 11.9 Å². The Hall–Kier alpha value is -3.33. The molecule has 0 fully saturated rings. The molecule has 176 valence electrons. The van der Waals surface area contributed by atoms with Gasteiger partial charge in [-0.15, -0.1) is 0 Å². The number of aromatic nitrogens is 1. The van der Waals surface area contributed by atoms with Gasteiger partial charge in [0.2, 0.25) is 5.75 Å². The summed E-state index contributed by atoms with van der Waals surface area (Å²) in [7, 11) is 1.33. The first-order valence-electron chi connectivity index (χ1n) is 10.7. The zero-order valence-corrected chi connectivity index (χ0v) is 20.3. The molecule has 1 amide bonds. The first-order valence-corrected chi connectivity index (χ1v) is 11.6. The second kappa shape index (κ2) is 11.0. The van der Waals surface area contributed by atoms with E-state index in [0.717, 1.165) is 15.8 Å². The molecule has 1 heterocycles. The van der Waals surface area contributed by atoms with Crippen molar-refractivity contribution < 1.29 is 28.5 Å². The van der Waals surface area contributed by atoms with Crippen molar-refractivity contribution in [2.45, 2.75) is 34.2 Å². The lowest BCUT2D eigenvalue weighted by Crippen LogP contribution is -2.22. The van der Waals surface area contributed by atoms with E-state index in [1.165, 1.54) is 18.4 Å². The van der Waals surface area contributed by atoms with Crippen molar-refractivity contribution in [3.8, 4) is 17.2 Å². The molecule has 0 aliphatic rings. The Morgan fingerprint density at radius 3 is 2.18 bits per heavy atom. The van der Waals surface area contributed by atoms with Crippen molar-refractivity contribution in [3.63, 3.8) is 0 Å². The average molecular weight is 473 g/mol. The molecule has 0 bridgehead atoms. The Kier molecular flexibility index (Phi) is 8.11. The second-order valence-electron chi connectivity index (χ2n) is 7.04. The molecule has 0 unspecified atom stereocenters. The van der Waals surface area contributed by atoms with Gasteiger partial charge in [-0.25, -0.2) is 0 Å². The van der Waals surface area contributed by atoms with Crippen molar-refractivity contribution in [2.75, 3.05) is 26.9 Å². The predicted octanol–water partition coefficient (Wildman–Crippen LogP) is 4.12. The first-order chi connectivity index (χ1) is 15.9. The molecule has 0 N–H and O–H groups in total. The minimum Gasteiger partial charge on any atom is -0.490 e. The molecule has 3 rings (SSSR count). The Balaban J connectivity index is 2.14. The van der Waals surface area contributed by atoms with Crippen molar-refractivity contribution in [1.29, 1.82) is 0 Å². The number of aryl methyl sites for hydroxylation is 1. The monoisotopic (exact) mass is 472 g/mol. The molecular weight excluding hydrogens is 444 g/mol. The van der Waals surface area contributed by atoms with Crippen LogP contribution in [0.1, 0.15) is 36.7 Å². The molecule has 0 saturated carbocycles. The standard InChI is InChI=1S/C24H28N2O6S/c1-6-30-18-12-16(13-19(31-7-2)22(18)32-8-3)23(28)25-24-26(14-21(27)29-5)17-10-9-15(4)11-20(17)33-24/h9-13H,6-8,14H2,1-5H3. The van der Waals surface area contributed by atoms with Crippen LogP contribution in [-0.2, 0) is 16.1 Å². The highest BCUT2D eigenvalue weighted by Crippen LogP contribution is 2.39. The van der Waals surface area contributed by atoms with Gasteiger partial charge in [0.15, 0.2) is 16.3 Å². The summed E-state index contributed by atoms with van der Waals surface area (Å²) in [6, 6.07) is 9.05. The van der Waals surface area contributed by atoms with Crippen LogP contribution in [0.15, 0.2) is 35.3 Å². The van der Waals surface area contributed by atoms with E-state index in [1.807, 2.05) is 45.9 Å². The highest BCUT2D eigenvalue weighted by atomic mass is 32.1. The Morgan fingerprint density at radius 2 is 1.61 bits per heavy atom. The van der Waals surface area contributed by atoms with Gasteiger partial charge >= 0.3 is 5.97 Å². The van der Waals surface area contributed by atoms with Crippen LogP contribution < -0.4 is 19.0 Å². The number of methoxy groups -OCH3 is 1. The van der Waals surface area contributed by atoms with E-state index in [9.17, 15) is 9.59 Å². The van der Waals surface area contributed by atoms with E-state index >= 15 is 0 Å². The van der Waals surface area contributed by atoms with Crippen LogP contribution in [-0.4, -0.2) is 43.4 Å². The van der Waals surface area contributed by atoms with Gasteiger partial charge in [0.25, 0.3) is 5.91 Å². The lowest BCUT2D eigenvalue weighted by molar-refractivity contribution is -0.141. The van der Waals surface area contributed by atoms with E-state index in [0.29, 0.717) is 47.4 Å². The molecule has 3 aromatic rings. The molecule has 2 aromatic carbocycles. The molecule has 33 heavy (non-hydrogen) atoms. The molecule has 0 radical (unpaired) electrons. The lowest BCUT2D eigenvalue weighted by atomic mass is 10.1.